The molecule has 43 heavy (non-hydrogen) atoms. The van der Waals surface area contributed by atoms with E-state index in [-0.39, 0.29) is 12.5 Å². The average molecular weight is 589 g/mol. The van der Waals surface area contributed by atoms with Gasteiger partial charge in [-0.2, -0.15) is 0 Å². The van der Waals surface area contributed by atoms with Crippen molar-refractivity contribution < 1.29 is 19.1 Å². The molecule has 214 valence electrons. The number of nitrogens with two attached hydrogens (primary N) is 1. The van der Waals surface area contributed by atoms with Crippen LogP contribution in [0.15, 0.2) is 127 Å². The van der Waals surface area contributed by atoms with Gasteiger partial charge >= 0.3 is 12.1 Å². The molecule has 0 heterocycles. The number of esters is 1. The number of rotatable bonds is 8. The minimum absolute atomic E-state index is 0.0958. The van der Waals surface area contributed by atoms with Gasteiger partial charge in [0.1, 0.15) is 13.2 Å². The van der Waals surface area contributed by atoms with Gasteiger partial charge in [-0.15, -0.1) is 0 Å². The number of amides is 1. The van der Waals surface area contributed by atoms with Crippen LogP contribution in [-0.4, -0.2) is 25.2 Å². The van der Waals surface area contributed by atoms with Gasteiger partial charge < -0.3 is 20.5 Å². The second kappa shape index (κ2) is 12.0. The summed E-state index contributed by atoms with van der Waals surface area (Å²) >= 11 is 6.72. The van der Waals surface area contributed by atoms with Crippen molar-refractivity contribution in [2.24, 2.45) is 0 Å². The van der Waals surface area contributed by atoms with Crippen LogP contribution in [0.4, 0.5) is 10.5 Å². The monoisotopic (exact) mass is 588 g/mol. The summed E-state index contributed by atoms with van der Waals surface area (Å²) in [6.45, 7) is -0.279. The molecule has 0 spiro atoms. The summed E-state index contributed by atoms with van der Waals surface area (Å²) in [5.74, 6) is -0.768. The molecule has 1 atom stereocenters. The molecule has 1 unspecified atom stereocenters. The van der Waals surface area contributed by atoms with Crippen LogP contribution in [0.3, 0.4) is 0 Å². The smallest absolute Gasteiger partial charge is 0.407 e. The van der Waals surface area contributed by atoms with E-state index in [4.69, 9.17) is 26.8 Å². The van der Waals surface area contributed by atoms with Crippen LogP contribution in [0.5, 0.6) is 0 Å². The number of hydrogen-bond acceptors (Lipinski definition) is 5. The molecule has 0 aromatic heterocycles. The molecule has 0 saturated carbocycles. The van der Waals surface area contributed by atoms with Gasteiger partial charge in [-0.3, -0.25) is 4.79 Å². The van der Waals surface area contributed by atoms with Crippen LogP contribution in [0.2, 0.25) is 5.02 Å². The van der Waals surface area contributed by atoms with Gasteiger partial charge in [0.05, 0.1) is 0 Å². The highest BCUT2D eigenvalue weighted by Gasteiger charge is 2.42. The summed E-state index contributed by atoms with van der Waals surface area (Å²) in [5.41, 5.74) is 11.5. The number of fused-ring (bicyclic) bond motifs is 3. The molecule has 7 heteroatoms. The molecule has 5 aromatic carbocycles. The van der Waals surface area contributed by atoms with Gasteiger partial charge in [0, 0.05) is 33.3 Å². The van der Waals surface area contributed by atoms with Gasteiger partial charge in [0.2, 0.25) is 0 Å². The zero-order valence-corrected chi connectivity index (χ0v) is 24.0. The van der Waals surface area contributed by atoms with E-state index in [1.165, 1.54) is 0 Å². The van der Waals surface area contributed by atoms with Gasteiger partial charge in [-0.25, -0.2) is 4.79 Å². The molecule has 3 N–H and O–H groups in total. The molecule has 1 aliphatic carbocycles. The summed E-state index contributed by atoms with van der Waals surface area (Å²) in [4.78, 5) is 26.3. The standard InChI is InChI=1S/C36H29ClN2O4/c37-33-17-9-8-16-32(33)36(24-10-2-1-3-11-24,25-18-20-26(38)21-19-25)43-34(40)22-39-35(41)42-23-31-29-14-6-4-12-27(29)28-13-5-7-15-30(28)31/h1-21,31H,22-23,38H2,(H,39,41). The van der Waals surface area contributed by atoms with Crippen molar-refractivity contribution in [1.82, 2.24) is 5.32 Å². The first-order chi connectivity index (χ1) is 21.0. The molecule has 1 amide bonds. The van der Waals surface area contributed by atoms with Gasteiger partial charge in [-0.1, -0.05) is 121 Å². The predicted molar refractivity (Wildman–Crippen MR) is 168 cm³/mol. The molecule has 6 rings (SSSR count). The Hall–Kier alpha value is -5.07. The SMILES string of the molecule is Nc1ccc(C(OC(=O)CNC(=O)OCC2c3ccccc3-c3ccccc32)(c2ccccc2)c2ccccc2Cl)cc1. The molecule has 0 fully saturated rings. The van der Waals surface area contributed by atoms with Gasteiger partial charge in [0.25, 0.3) is 0 Å². The van der Waals surface area contributed by atoms with Gasteiger partial charge in [-0.05, 0) is 40.5 Å². The molecule has 0 aliphatic heterocycles. The quantitative estimate of drug-likeness (QED) is 0.113. The Balaban J connectivity index is 1.22. The Bertz CT molecular complexity index is 1730. The lowest BCUT2D eigenvalue weighted by molar-refractivity contribution is -0.152. The maximum atomic E-state index is 13.5. The first-order valence-corrected chi connectivity index (χ1v) is 14.3. The van der Waals surface area contributed by atoms with Crippen molar-refractivity contribution in [2.45, 2.75) is 11.5 Å². The fourth-order valence-corrected chi connectivity index (χ4v) is 6.06. The maximum absolute atomic E-state index is 13.5. The lowest BCUT2D eigenvalue weighted by Gasteiger charge is -2.36. The minimum atomic E-state index is -1.41. The molecule has 1 aliphatic rings. The molecule has 0 bridgehead atoms. The zero-order chi connectivity index (χ0) is 29.8. The zero-order valence-electron chi connectivity index (χ0n) is 23.2. The normalized spacial score (nSPS) is 13.3. The maximum Gasteiger partial charge on any atom is 0.407 e. The van der Waals surface area contributed by atoms with E-state index >= 15 is 0 Å². The van der Waals surface area contributed by atoms with E-state index in [2.05, 4.69) is 17.4 Å². The van der Waals surface area contributed by atoms with Crippen LogP contribution in [0.1, 0.15) is 33.7 Å². The molecule has 6 nitrogen and oxygen atoms in total. The largest absolute Gasteiger partial charge is 0.449 e. The molecular formula is C36H29ClN2O4. The number of nitrogens with one attached hydrogen (secondary N) is 1. The van der Waals surface area contributed by atoms with Crippen molar-refractivity contribution in [1.29, 1.82) is 0 Å². The summed E-state index contributed by atoms with van der Waals surface area (Å²) in [6.07, 6.45) is -0.714. The number of anilines is 1. The molecule has 5 aromatic rings. The second-order valence-corrected chi connectivity index (χ2v) is 10.7. The van der Waals surface area contributed by atoms with E-state index in [1.807, 2.05) is 84.9 Å². The van der Waals surface area contributed by atoms with Crippen LogP contribution >= 0.6 is 11.6 Å². The van der Waals surface area contributed by atoms with Crippen LogP contribution < -0.4 is 11.1 Å². The van der Waals surface area contributed by atoms with E-state index in [0.717, 1.165) is 22.3 Å². The third-order valence-electron chi connectivity index (χ3n) is 7.74. The lowest BCUT2D eigenvalue weighted by Crippen LogP contribution is -2.40. The number of ether oxygens (including phenoxy) is 2. The van der Waals surface area contributed by atoms with Crippen molar-refractivity contribution in [3.05, 3.63) is 160 Å². The van der Waals surface area contributed by atoms with E-state index in [0.29, 0.717) is 27.4 Å². The fourth-order valence-electron chi connectivity index (χ4n) is 5.79. The topological polar surface area (TPSA) is 90.6 Å². The summed E-state index contributed by atoms with van der Waals surface area (Å²) in [6, 6.07) is 39.8. The second-order valence-electron chi connectivity index (χ2n) is 10.3. The molecular weight excluding hydrogens is 560 g/mol. The molecule has 0 radical (unpaired) electrons. The minimum Gasteiger partial charge on any atom is -0.449 e. The van der Waals surface area contributed by atoms with Crippen LogP contribution in [0, 0.1) is 0 Å². The highest BCUT2D eigenvalue weighted by atomic mass is 35.5. The first-order valence-electron chi connectivity index (χ1n) is 13.9. The van der Waals surface area contributed by atoms with E-state index < -0.39 is 24.2 Å². The Kier molecular flexibility index (Phi) is 7.86. The Labute approximate surface area is 255 Å². The highest BCUT2D eigenvalue weighted by molar-refractivity contribution is 6.31. The number of benzene rings is 5. The van der Waals surface area contributed by atoms with Crippen molar-refractivity contribution in [3.63, 3.8) is 0 Å². The van der Waals surface area contributed by atoms with Crippen LogP contribution in [0.25, 0.3) is 11.1 Å². The Morgan fingerprint density at radius 1 is 0.721 bits per heavy atom. The van der Waals surface area contributed by atoms with Crippen LogP contribution in [-0.2, 0) is 19.9 Å². The molecule has 0 saturated heterocycles. The number of alkyl carbamates (subject to hydrolysis) is 1. The van der Waals surface area contributed by atoms with E-state index in [1.54, 1.807) is 30.3 Å². The van der Waals surface area contributed by atoms with Crippen molar-refractivity contribution in [3.8, 4) is 11.1 Å². The number of carbonyl (C=O) groups excluding carboxylic acids is 2. The number of hydrogen-bond donors (Lipinski definition) is 2. The Morgan fingerprint density at radius 3 is 1.93 bits per heavy atom. The average Bonchev–Trinajstić information content (AvgIpc) is 3.36. The number of carbonyl (C=O) groups is 2. The summed E-state index contributed by atoms with van der Waals surface area (Å²) in [7, 11) is 0. The van der Waals surface area contributed by atoms with Gasteiger partial charge in [0.15, 0.2) is 5.60 Å². The van der Waals surface area contributed by atoms with E-state index in [9.17, 15) is 9.59 Å². The fraction of sp³-hybridized carbons (Fsp3) is 0.111. The third-order valence-corrected chi connectivity index (χ3v) is 8.07. The third kappa shape index (κ3) is 5.45. The number of halogens is 1. The van der Waals surface area contributed by atoms with Crippen molar-refractivity contribution in [2.75, 3.05) is 18.9 Å². The lowest BCUT2D eigenvalue weighted by atomic mass is 9.80. The first kappa shape index (κ1) is 28.1. The Morgan fingerprint density at radius 2 is 1.28 bits per heavy atom. The number of nitrogen functional groups attached to an aromatic ring is 1. The summed E-state index contributed by atoms with van der Waals surface area (Å²) < 4.78 is 11.9. The van der Waals surface area contributed by atoms with Crippen molar-refractivity contribution >= 4 is 29.4 Å². The summed E-state index contributed by atoms with van der Waals surface area (Å²) in [5, 5.41) is 2.98. The predicted octanol–water partition coefficient (Wildman–Crippen LogP) is 7.30. The highest BCUT2D eigenvalue weighted by Crippen LogP contribution is 2.45.